The summed E-state index contributed by atoms with van der Waals surface area (Å²) in [5.74, 6) is -3.25. The van der Waals surface area contributed by atoms with Crippen LogP contribution in [0.5, 0.6) is 0 Å². The van der Waals surface area contributed by atoms with Gasteiger partial charge in [0.25, 0.3) is 0 Å². The van der Waals surface area contributed by atoms with Crippen LogP contribution in [-0.4, -0.2) is 29.7 Å². The molecule has 1 aromatic rings. The molecule has 1 heterocycles. The maximum Gasteiger partial charge on any atom is 0.338 e. The van der Waals surface area contributed by atoms with E-state index in [0.29, 0.717) is 12.1 Å². The van der Waals surface area contributed by atoms with Crippen LogP contribution < -0.4 is 10.6 Å². The number of halogens is 2. The molecule has 1 aliphatic rings. The van der Waals surface area contributed by atoms with Crippen LogP contribution >= 0.6 is 0 Å². The number of rotatable bonds is 5. The molecule has 0 saturated carbocycles. The summed E-state index contributed by atoms with van der Waals surface area (Å²) in [6.07, 6.45) is 4.24. The number of carboxylic acids is 1. The molecule has 21 heavy (non-hydrogen) atoms. The summed E-state index contributed by atoms with van der Waals surface area (Å²) in [4.78, 5) is 10.9. The molecular weight excluding hydrogens is 278 g/mol. The number of carboxylic acid groups (broad SMARTS) is 1. The Kier molecular flexibility index (Phi) is 5.12. The molecule has 0 amide bonds. The zero-order valence-corrected chi connectivity index (χ0v) is 12.0. The molecule has 2 unspecified atom stereocenters. The third-order valence-corrected chi connectivity index (χ3v) is 3.74. The molecule has 1 aromatic carbocycles. The highest BCUT2D eigenvalue weighted by molar-refractivity contribution is 5.89. The predicted molar refractivity (Wildman–Crippen MR) is 76.7 cm³/mol. The number of hydrogen-bond acceptors (Lipinski definition) is 3. The number of aromatic carboxylic acids is 1. The summed E-state index contributed by atoms with van der Waals surface area (Å²) < 4.78 is 27.1. The highest BCUT2D eigenvalue weighted by atomic mass is 19.1. The summed E-state index contributed by atoms with van der Waals surface area (Å²) in [7, 11) is 0. The van der Waals surface area contributed by atoms with Crippen molar-refractivity contribution in [2.75, 3.05) is 11.9 Å². The molecule has 1 fully saturated rings. The van der Waals surface area contributed by atoms with Crippen molar-refractivity contribution < 1.29 is 18.7 Å². The van der Waals surface area contributed by atoms with Gasteiger partial charge in [-0.2, -0.15) is 0 Å². The minimum absolute atomic E-state index is 0.0251. The highest BCUT2D eigenvalue weighted by Gasteiger charge is 2.19. The second-order valence-electron chi connectivity index (χ2n) is 5.54. The summed E-state index contributed by atoms with van der Waals surface area (Å²) in [5.41, 5.74) is -0.501. The molecule has 0 aromatic heterocycles. The fraction of sp³-hybridized carbons (Fsp3) is 0.533. The molecule has 4 nitrogen and oxygen atoms in total. The van der Waals surface area contributed by atoms with Gasteiger partial charge in [0.1, 0.15) is 11.6 Å². The van der Waals surface area contributed by atoms with Gasteiger partial charge in [0.05, 0.1) is 11.3 Å². The van der Waals surface area contributed by atoms with Crippen molar-refractivity contribution in [1.29, 1.82) is 0 Å². The van der Waals surface area contributed by atoms with Crippen LogP contribution in [0, 0.1) is 11.6 Å². The van der Waals surface area contributed by atoms with E-state index >= 15 is 0 Å². The van der Waals surface area contributed by atoms with Crippen LogP contribution in [0.1, 0.15) is 43.0 Å². The Morgan fingerprint density at radius 1 is 1.43 bits per heavy atom. The van der Waals surface area contributed by atoms with E-state index in [2.05, 4.69) is 10.6 Å². The minimum Gasteiger partial charge on any atom is -0.478 e. The zero-order valence-electron chi connectivity index (χ0n) is 12.0. The van der Waals surface area contributed by atoms with Crippen LogP contribution in [0.15, 0.2) is 12.1 Å². The van der Waals surface area contributed by atoms with Crippen molar-refractivity contribution in [3.63, 3.8) is 0 Å². The van der Waals surface area contributed by atoms with E-state index in [9.17, 15) is 13.6 Å². The number of anilines is 1. The summed E-state index contributed by atoms with van der Waals surface area (Å²) in [5, 5.41) is 15.2. The van der Waals surface area contributed by atoms with Gasteiger partial charge < -0.3 is 15.7 Å². The molecule has 6 heteroatoms. The monoisotopic (exact) mass is 298 g/mol. The maximum absolute atomic E-state index is 13.7. The molecule has 2 atom stereocenters. The lowest BCUT2D eigenvalue weighted by Gasteiger charge is -2.27. The lowest BCUT2D eigenvalue weighted by molar-refractivity contribution is 0.0692. The van der Waals surface area contributed by atoms with E-state index in [0.717, 1.165) is 25.5 Å². The van der Waals surface area contributed by atoms with Crippen molar-refractivity contribution in [3.8, 4) is 0 Å². The normalized spacial score (nSPS) is 20.0. The summed E-state index contributed by atoms with van der Waals surface area (Å²) >= 11 is 0. The zero-order chi connectivity index (χ0) is 15.4. The van der Waals surface area contributed by atoms with E-state index in [1.165, 1.54) is 12.8 Å². The van der Waals surface area contributed by atoms with Crippen molar-refractivity contribution in [2.45, 2.75) is 44.7 Å². The first-order valence-corrected chi connectivity index (χ1v) is 7.19. The van der Waals surface area contributed by atoms with Gasteiger partial charge in [0, 0.05) is 18.2 Å². The topological polar surface area (TPSA) is 61.4 Å². The average Bonchev–Trinajstić information content (AvgIpc) is 2.42. The molecule has 0 bridgehead atoms. The van der Waals surface area contributed by atoms with Crippen LogP contribution in [-0.2, 0) is 0 Å². The summed E-state index contributed by atoms with van der Waals surface area (Å²) in [6, 6.07) is 1.96. The largest absolute Gasteiger partial charge is 0.478 e. The van der Waals surface area contributed by atoms with E-state index in [-0.39, 0.29) is 11.7 Å². The number of nitrogens with one attached hydrogen (secondary N) is 2. The van der Waals surface area contributed by atoms with Crippen molar-refractivity contribution >= 4 is 11.7 Å². The Balaban J connectivity index is 2.04. The van der Waals surface area contributed by atoms with Crippen molar-refractivity contribution in [3.05, 3.63) is 29.3 Å². The Morgan fingerprint density at radius 3 is 2.81 bits per heavy atom. The molecule has 0 radical (unpaired) electrons. The smallest absolute Gasteiger partial charge is 0.338 e. The van der Waals surface area contributed by atoms with E-state index in [1.54, 1.807) is 0 Å². The molecular formula is C15H20F2N2O2. The van der Waals surface area contributed by atoms with Crippen LogP contribution in [0.3, 0.4) is 0 Å². The second-order valence-corrected chi connectivity index (χ2v) is 5.54. The van der Waals surface area contributed by atoms with Crippen LogP contribution in [0.25, 0.3) is 0 Å². The van der Waals surface area contributed by atoms with Crippen molar-refractivity contribution in [1.82, 2.24) is 5.32 Å². The Morgan fingerprint density at radius 2 is 2.19 bits per heavy atom. The van der Waals surface area contributed by atoms with Gasteiger partial charge in [-0.1, -0.05) is 6.42 Å². The van der Waals surface area contributed by atoms with Crippen molar-refractivity contribution in [2.24, 2.45) is 0 Å². The van der Waals surface area contributed by atoms with Gasteiger partial charge in [-0.3, -0.25) is 0 Å². The first-order valence-electron chi connectivity index (χ1n) is 7.19. The number of benzene rings is 1. The van der Waals surface area contributed by atoms with E-state index < -0.39 is 23.2 Å². The molecule has 0 spiro atoms. The first-order chi connectivity index (χ1) is 9.97. The lowest BCUT2D eigenvalue weighted by atomic mass is 9.98. The van der Waals surface area contributed by atoms with Gasteiger partial charge in [0.2, 0.25) is 0 Å². The standard InChI is InChI=1S/C15H20F2N2O2/c1-9(6-10-4-2-3-5-18-10)19-14-7-11(15(20)21)12(16)8-13(14)17/h7-10,18-19H,2-6H2,1H3,(H,20,21). The third-order valence-electron chi connectivity index (χ3n) is 3.74. The van der Waals surface area contributed by atoms with Crippen LogP contribution in [0.2, 0.25) is 0 Å². The van der Waals surface area contributed by atoms with Crippen LogP contribution in [0.4, 0.5) is 14.5 Å². The number of piperidine rings is 1. The average molecular weight is 298 g/mol. The number of carbonyl (C=O) groups is 1. The van der Waals surface area contributed by atoms with Gasteiger partial charge in [-0.15, -0.1) is 0 Å². The Bertz CT molecular complexity index is 517. The molecule has 3 N–H and O–H groups in total. The van der Waals surface area contributed by atoms with Gasteiger partial charge in [-0.05, 0) is 38.8 Å². The quantitative estimate of drug-likeness (QED) is 0.782. The molecule has 116 valence electrons. The fourth-order valence-electron chi connectivity index (χ4n) is 2.70. The maximum atomic E-state index is 13.7. The SMILES string of the molecule is CC(CC1CCCCN1)Nc1cc(C(=O)O)c(F)cc1F. The Labute approximate surface area is 122 Å². The second kappa shape index (κ2) is 6.85. The molecule has 1 saturated heterocycles. The van der Waals surface area contributed by atoms with Gasteiger partial charge >= 0.3 is 5.97 Å². The van der Waals surface area contributed by atoms with E-state index in [4.69, 9.17) is 5.11 Å². The number of hydrogen-bond donors (Lipinski definition) is 3. The highest BCUT2D eigenvalue weighted by Crippen LogP contribution is 2.22. The fourth-order valence-corrected chi connectivity index (χ4v) is 2.70. The lowest BCUT2D eigenvalue weighted by Crippen LogP contribution is -2.37. The first kappa shape index (κ1) is 15.7. The predicted octanol–water partition coefficient (Wildman–Crippen LogP) is 3.00. The van der Waals surface area contributed by atoms with Gasteiger partial charge in [-0.25, -0.2) is 13.6 Å². The third kappa shape index (κ3) is 4.14. The molecule has 2 rings (SSSR count). The molecule has 1 aliphatic heterocycles. The minimum atomic E-state index is -1.41. The van der Waals surface area contributed by atoms with Gasteiger partial charge in [0.15, 0.2) is 0 Å². The Hall–Kier alpha value is -1.69. The van der Waals surface area contributed by atoms with E-state index in [1.807, 2.05) is 6.92 Å². The summed E-state index contributed by atoms with van der Waals surface area (Å²) in [6.45, 7) is 2.89. The molecule has 0 aliphatic carbocycles.